The first-order valence-electron chi connectivity index (χ1n) is 6.28. The summed E-state index contributed by atoms with van der Waals surface area (Å²) in [5, 5.41) is 3.44. The van der Waals surface area contributed by atoms with Crippen LogP contribution in [0.4, 0.5) is 11.4 Å². The largest absolute Gasteiger partial charge is 0.491 e. The van der Waals surface area contributed by atoms with Gasteiger partial charge >= 0.3 is 0 Å². The molecular formula is C14H22N2O. The van der Waals surface area contributed by atoms with Gasteiger partial charge in [0.2, 0.25) is 0 Å². The molecule has 3 N–H and O–H groups in total. The molecule has 17 heavy (non-hydrogen) atoms. The van der Waals surface area contributed by atoms with E-state index in [9.17, 15) is 0 Å². The molecule has 0 spiro atoms. The van der Waals surface area contributed by atoms with Crippen molar-refractivity contribution in [2.75, 3.05) is 17.6 Å². The Balaban J connectivity index is 2.02. The van der Waals surface area contributed by atoms with Gasteiger partial charge in [-0.3, -0.25) is 0 Å². The van der Waals surface area contributed by atoms with E-state index in [4.69, 9.17) is 10.5 Å². The third-order valence-corrected chi connectivity index (χ3v) is 3.12. The molecule has 1 aliphatic rings. The van der Waals surface area contributed by atoms with Crippen LogP contribution in [0.15, 0.2) is 18.2 Å². The summed E-state index contributed by atoms with van der Waals surface area (Å²) in [6.45, 7) is 7.35. The van der Waals surface area contributed by atoms with E-state index in [1.54, 1.807) is 0 Å². The van der Waals surface area contributed by atoms with Gasteiger partial charge in [0.25, 0.3) is 0 Å². The number of nitrogens with one attached hydrogen (secondary N) is 1. The minimum absolute atomic E-state index is 0.172. The van der Waals surface area contributed by atoms with Crippen LogP contribution in [0, 0.1) is 5.41 Å². The van der Waals surface area contributed by atoms with Crippen molar-refractivity contribution in [1.29, 1.82) is 0 Å². The third-order valence-electron chi connectivity index (χ3n) is 3.12. The van der Waals surface area contributed by atoms with E-state index in [2.05, 4.69) is 12.2 Å². The van der Waals surface area contributed by atoms with Crippen LogP contribution in [0.2, 0.25) is 0 Å². The summed E-state index contributed by atoms with van der Waals surface area (Å²) in [5.41, 5.74) is 8.15. The molecule has 0 radical (unpaired) electrons. The van der Waals surface area contributed by atoms with E-state index in [-0.39, 0.29) is 6.10 Å². The summed E-state index contributed by atoms with van der Waals surface area (Å²) in [6, 6.07) is 5.84. The number of ether oxygens (including phenoxy) is 1. The number of benzene rings is 1. The average molecular weight is 234 g/mol. The second kappa shape index (κ2) is 4.47. The summed E-state index contributed by atoms with van der Waals surface area (Å²) >= 11 is 0. The zero-order chi connectivity index (χ0) is 12.5. The monoisotopic (exact) mass is 234 g/mol. The topological polar surface area (TPSA) is 47.3 Å². The smallest absolute Gasteiger partial charge is 0.123 e. The maximum Gasteiger partial charge on any atom is 0.123 e. The molecule has 0 atom stereocenters. The van der Waals surface area contributed by atoms with Gasteiger partial charge in [-0.15, -0.1) is 0 Å². The highest BCUT2D eigenvalue weighted by Gasteiger charge is 2.36. The van der Waals surface area contributed by atoms with Gasteiger partial charge in [0.1, 0.15) is 5.75 Å². The lowest BCUT2D eigenvalue weighted by molar-refractivity contribution is 0.242. The molecular weight excluding hydrogens is 212 g/mol. The molecule has 1 aromatic carbocycles. The molecule has 1 saturated carbocycles. The van der Waals surface area contributed by atoms with Crippen LogP contribution >= 0.6 is 0 Å². The zero-order valence-electron chi connectivity index (χ0n) is 10.9. The van der Waals surface area contributed by atoms with Crippen LogP contribution in [0.5, 0.6) is 5.75 Å². The van der Waals surface area contributed by atoms with Crippen LogP contribution in [-0.4, -0.2) is 12.6 Å². The van der Waals surface area contributed by atoms with Gasteiger partial charge in [0.15, 0.2) is 0 Å². The Morgan fingerprint density at radius 1 is 1.35 bits per heavy atom. The highest BCUT2D eigenvalue weighted by Crippen LogP contribution is 2.44. The number of hydrogen-bond donors (Lipinski definition) is 2. The lowest BCUT2D eigenvalue weighted by atomic mass is 10.1. The number of anilines is 2. The zero-order valence-corrected chi connectivity index (χ0v) is 10.9. The molecule has 0 unspecified atom stereocenters. The Kier molecular flexibility index (Phi) is 3.18. The van der Waals surface area contributed by atoms with Crippen molar-refractivity contribution in [1.82, 2.24) is 0 Å². The van der Waals surface area contributed by atoms with Crippen LogP contribution in [0.3, 0.4) is 0 Å². The Bertz CT molecular complexity index is 397. The molecule has 0 aromatic heterocycles. The highest BCUT2D eigenvalue weighted by molar-refractivity contribution is 5.59. The predicted molar refractivity (Wildman–Crippen MR) is 72.4 cm³/mol. The predicted octanol–water partition coefficient (Wildman–Crippen LogP) is 3.27. The SMILES string of the molecule is CC(C)Oc1cc(N)cc(NCC2(C)CC2)c1. The summed E-state index contributed by atoms with van der Waals surface area (Å²) in [6.07, 6.45) is 2.81. The lowest BCUT2D eigenvalue weighted by Gasteiger charge is -2.15. The molecule has 94 valence electrons. The standard InChI is InChI=1S/C14H22N2O/c1-10(2)17-13-7-11(15)6-12(8-13)16-9-14(3)4-5-14/h6-8,10,16H,4-5,9,15H2,1-3H3. The minimum Gasteiger partial charge on any atom is -0.491 e. The van der Waals surface area contributed by atoms with Crippen LogP contribution in [0.1, 0.15) is 33.6 Å². The van der Waals surface area contributed by atoms with Gasteiger partial charge in [-0.1, -0.05) is 6.92 Å². The number of nitrogen functional groups attached to an aromatic ring is 1. The van der Waals surface area contributed by atoms with E-state index in [1.165, 1.54) is 12.8 Å². The fourth-order valence-electron chi connectivity index (χ4n) is 1.77. The van der Waals surface area contributed by atoms with Crippen molar-refractivity contribution >= 4 is 11.4 Å². The van der Waals surface area contributed by atoms with Crippen LogP contribution < -0.4 is 15.8 Å². The first kappa shape index (κ1) is 12.1. The quantitative estimate of drug-likeness (QED) is 0.769. The molecule has 0 bridgehead atoms. The Labute approximate surface area is 103 Å². The number of rotatable bonds is 5. The van der Waals surface area contributed by atoms with Crippen LogP contribution in [-0.2, 0) is 0 Å². The molecule has 0 aliphatic heterocycles. The van der Waals surface area contributed by atoms with Crippen molar-refractivity contribution in [2.45, 2.75) is 39.7 Å². The summed E-state index contributed by atoms with van der Waals surface area (Å²) in [5.74, 6) is 0.837. The lowest BCUT2D eigenvalue weighted by Crippen LogP contribution is -2.12. The van der Waals surface area contributed by atoms with Crippen molar-refractivity contribution < 1.29 is 4.74 Å². The molecule has 0 heterocycles. The molecule has 1 fully saturated rings. The van der Waals surface area contributed by atoms with Crippen LogP contribution in [0.25, 0.3) is 0 Å². The maximum absolute atomic E-state index is 5.87. The highest BCUT2D eigenvalue weighted by atomic mass is 16.5. The number of hydrogen-bond acceptors (Lipinski definition) is 3. The van der Waals surface area contributed by atoms with E-state index < -0.39 is 0 Å². The second-order valence-electron chi connectivity index (χ2n) is 5.62. The third kappa shape index (κ3) is 3.55. The fraction of sp³-hybridized carbons (Fsp3) is 0.571. The minimum atomic E-state index is 0.172. The molecule has 2 rings (SSSR count). The average Bonchev–Trinajstić information content (AvgIpc) is 2.93. The maximum atomic E-state index is 5.87. The summed E-state index contributed by atoms with van der Waals surface area (Å²) in [7, 11) is 0. The van der Waals surface area contributed by atoms with Crippen molar-refractivity contribution in [3.8, 4) is 5.75 Å². The summed E-state index contributed by atoms with van der Waals surface area (Å²) in [4.78, 5) is 0. The molecule has 3 heteroatoms. The normalized spacial score (nSPS) is 16.9. The Morgan fingerprint density at radius 3 is 2.65 bits per heavy atom. The summed E-state index contributed by atoms with van der Waals surface area (Å²) < 4.78 is 5.66. The fourth-order valence-corrected chi connectivity index (χ4v) is 1.77. The Morgan fingerprint density at radius 2 is 2.06 bits per heavy atom. The van der Waals surface area contributed by atoms with Gasteiger partial charge in [-0.2, -0.15) is 0 Å². The molecule has 3 nitrogen and oxygen atoms in total. The molecule has 0 amide bonds. The van der Waals surface area contributed by atoms with Crippen molar-refractivity contribution in [3.05, 3.63) is 18.2 Å². The van der Waals surface area contributed by atoms with Gasteiger partial charge in [-0.05, 0) is 38.2 Å². The number of nitrogens with two attached hydrogens (primary N) is 1. The van der Waals surface area contributed by atoms with E-state index in [1.807, 2.05) is 32.0 Å². The molecule has 1 aliphatic carbocycles. The second-order valence-corrected chi connectivity index (χ2v) is 5.62. The van der Waals surface area contributed by atoms with E-state index in [0.29, 0.717) is 5.41 Å². The van der Waals surface area contributed by atoms with Gasteiger partial charge in [0, 0.05) is 30.1 Å². The van der Waals surface area contributed by atoms with Gasteiger partial charge in [-0.25, -0.2) is 0 Å². The van der Waals surface area contributed by atoms with E-state index in [0.717, 1.165) is 23.7 Å². The molecule has 1 aromatic rings. The van der Waals surface area contributed by atoms with E-state index >= 15 is 0 Å². The Hall–Kier alpha value is -1.38. The van der Waals surface area contributed by atoms with Crippen molar-refractivity contribution in [3.63, 3.8) is 0 Å². The first-order valence-corrected chi connectivity index (χ1v) is 6.28. The van der Waals surface area contributed by atoms with Gasteiger partial charge < -0.3 is 15.8 Å². The van der Waals surface area contributed by atoms with Gasteiger partial charge in [0.05, 0.1) is 6.10 Å². The molecule has 0 saturated heterocycles. The van der Waals surface area contributed by atoms with Crippen molar-refractivity contribution in [2.24, 2.45) is 5.41 Å². The first-order chi connectivity index (χ1) is 7.97.